The molecule has 0 saturated carbocycles. The quantitative estimate of drug-likeness (QED) is 0.719. The number of aromatic nitrogens is 2. The monoisotopic (exact) mass is 349 g/mol. The van der Waals surface area contributed by atoms with Gasteiger partial charge in [-0.15, -0.1) is 11.8 Å². The molecule has 0 fully saturated rings. The van der Waals surface area contributed by atoms with E-state index in [0.29, 0.717) is 11.1 Å². The molecule has 1 aromatic heterocycles. The van der Waals surface area contributed by atoms with Crippen molar-refractivity contribution in [2.24, 2.45) is 7.05 Å². The van der Waals surface area contributed by atoms with Gasteiger partial charge in [-0.25, -0.2) is 4.79 Å². The Bertz CT molecular complexity index is 985. The average Bonchev–Trinajstić information content (AvgIpc) is 2.98. The lowest BCUT2D eigenvalue weighted by Crippen LogP contribution is -2.06. The number of aromatic carboxylic acids is 1. The Balaban J connectivity index is 2.11. The Labute approximate surface area is 149 Å². The minimum atomic E-state index is -1.11. The average molecular weight is 349 g/mol. The molecule has 6 heteroatoms. The van der Waals surface area contributed by atoms with Gasteiger partial charge >= 0.3 is 5.97 Å². The summed E-state index contributed by atoms with van der Waals surface area (Å²) in [6, 6.07) is 17.6. The first-order valence-electron chi connectivity index (χ1n) is 7.51. The highest BCUT2D eigenvalue weighted by Crippen LogP contribution is 2.33. The molecule has 25 heavy (non-hydrogen) atoms. The van der Waals surface area contributed by atoms with Crippen LogP contribution in [0.25, 0.3) is 22.3 Å². The first-order valence-corrected chi connectivity index (χ1v) is 8.73. The summed E-state index contributed by atoms with van der Waals surface area (Å²) in [7, 11) is 1.52. The van der Waals surface area contributed by atoms with Crippen LogP contribution in [0.3, 0.4) is 0 Å². The van der Waals surface area contributed by atoms with E-state index in [1.165, 1.54) is 16.6 Å². The molecule has 0 spiro atoms. The summed E-state index contributed by atoms with van der Waals surface area (Å²) < 4.78 is 1.23. The van der Waals surface area contributed by atoms with Crippen molar-refractivity contribution in [1.82, 2.24) is 9.78 Å². The van der Waals surface area contributed by atoms with Crippen LogP contribution < -0.4 is 0 Å². The second kappa shape index (κ2) is 6.83. The highest BCUT2D eigenvalue weighted by Gasteiger charge is 2.22. The number of benzene rings is 2. The molecule has 1 N–H and O–H groups in total. The third-order valence-electron chi connectivity index (χ3n) is 3.95. The standard InChI is InChI=1S/C19H15N3O2S/c1-22-18(19(23)24)17(15(11-20)21-22)13-9-7-12(8-10-13)14-5-3-4-6-16(14)25-2/h3-10H,1-2H3,(H,23,24). The molecule has 0 atom stereocenters. The molecule has 3 rings (SSSR count). The Morgan fingerprint density at radius 3 is 2.40 bits per heavy atom. The molecule has 0 radical (unpaired) electrons. The van der Waals surface area contributed by atoms with Crippen molar-refractivity contribution in [2.45, 2.75) is 4.90 Å². The summed E-state index contributed by atoms with van der Waals surface area (Å²) in [6.07, 6.45) is 2.03. The number of carboxylic acid groups (broad SMARTS) is 1. The molecule has 0 bridgehead atoms. The summed E-state index contributed by atoms with van der Waals surface area (Å²) in [5.41, 5.74) is 3.28. The lowest BCUT2D eigenvalue weighted by molar-refractivity contribution is 0.0686. The summed E-state index contributed by atoms with van der Waals surface area (Å²) >= 11 is 1.67. The van der Waals surface area contributed by atoms with E-state index in [2.05, 4.69) is 11.2 Å². The van der Waals surface area contributed by atoms with Gasteiger partial charge < -0.3 is 5.11 Å². The number of hydrogen-bond donors (Lipinski definition) is 1. The third-order valence-corrected chi connectivity index (χ3v) is 4.74. The van der Waals surface area contributed by atoms with E-state index >= 15 is 0 Å². The summed E-state index contributed by atoms with van der Waals surface area (Å²) in [6.45, 7) is 0. The van der Waals surface area contributed by atoms with Crippen molar-refractivity contribution in [1.29, 1.82) is 5.26 Å². The van der Waals surface area contributed by atoms with Crippen LogP contribution >= 0.6 is 11.8 Å². The third kappa shape index (κ3) is 3.02. The van der Waals surface area contributed by atoms with Crippen molar-refractivity contribution >= 4 is 17.7 Å². The Hall–Kier alpha value is -3.04. The van der Waals surface area contributed by atoms with Crippen LogP contribution in [0.4, 0.5) is 0 Å². The number of rotatable bonds is 4. The number of carboxylic acids is 1. The molecular weight excluding hydrogens is 334 g/mol. The van der Waals surface area contributed by atoms with Gasteiger partial charge in [0.15, 0.2) is 11.4 Å². The lowest BCUT2D eigenvalue weighted by atomic mass is 9.99. The number of nitrogens with zero attached hydrogens (tertiary/aromatic N) is 3. The van der Waals surface area contributed by atoms with Gasteiger partial charge in [0, 0.05) is 11.9 Å². The molecule has 3 aromatic rings. The molecule has 0 aliphatic carbocycles. The molecule has 0 saturated heterocycles. The number of hydrogen-bond acceptors (Lipinski definition) is 4. The maximum Gasteiger partial charge on any atom is 0.354 e. The molecule has 2 aromatic carbocycles. The summed E-state index contributed by atoms with van der Waals surface area (Å²) in [4.78, 5) is 12.7. The predicted octanol–water partition coefficient (Wildman–Crippen LogP) is 4.05. The van der Waals surface area contributed by atoms with Crippen LogP contribution in [0.5, 0.6) is 0 Å². The molecule has 1 heterocycles. The highest BCUT2D eigenvalue weighted by atomic mass is 32.2. The molecule has 0 aliphatic rings. The van der Waals surface area contributed by atoms with Crippen LogP contribution in [-0.2, 0) is 7.05 Å². The second-order valence-corrected chi connectivity index (χ2v) is 6.24. The van der Waals surface area contributed by atoms with E-state index in [1.807, 2.05) is 54.8 Å². The number of nitriles is 1. The zero-order chi connectivity index (χ0) is 18.0. The van der Waals surface area contributed by atoms with Gasteiger partial charge in [-0.2, -0.15) is 10.4 Å². The first kappa shape index (κ1) is 16.8. The van der Waals surface area contributed by atoms with Crippen molar-refractivity contribution < 1.29 is 9.90 Å². The van der Waals surface area contributed by atoms with Gasteiger partial charge in [0.2, 0.25) is 0 Å². The second-order valence-electron chi connectivity index (χ2n) is 5.39. The van der Waals surface area contributed by atoms with E-state index < -0.39 is 5.97 Å². The van der Waals surface area contributed by atoms with E-state index in [0.717, 1.165) is 11.1 Å². The van der Waals surface area contributed by atoms with Gasteiger partial charge in [-0.05, 0) is 29.0 Å². The minimum absolute atomic E-state index is 0.00816. The van der Waals surface area contributed by atoms with Crippen molar-refractivity contribution in [2.75, 3.05) is 6.26 Å². The maximum atomic E-state index is 11.5. The minimum Gasteiger partial charge on any atom is -0.477 e. The Morgan fingerprint density at radius 1 is 1.16 bits per heavy atom. The summed E-state index contributed by atoms with van der Waals surface area (Å²) in [5.74, 6) is -1.11. The van der Waals surface area contributed by atoms with Crippen LogP contribution in [0, 0.1) is 11.3 Å². The fourth-order valence-electron chi connectivity index (χ4n) is 2.82. The molecule has 0 unspecified atom stereocenters. The van der Waals surface area contributed by atoms with Crippen LogP contribution in [0.2, 0.25) is 0 Å². The van der Waals surface area contributed by atoms with Crippen LogP contribution in [-0.4, -0.2) is 27.1 Å². The molecular formula is C19H15N3O2S. The Kier molecular flexibility index (Phi) is 4.59. The SMILES string of the molecule is CSc1ccccc1-c1ccc(-c2c(C#N)nn(C)c2C(=O)O)cc1. The smallest absolute Gasteiger partial charge is 0.354 e. The van der Waals surface area contributed by atoms with Crippen molar-refractivity contribution in [3.63, 3.8) is 0 Å². The maximum absolute atomic E-state index is 11.5. The van der Waals surface area contributed by atoms with E-state index in [4.69, 9.17) is 0 Å². The van der Waals surface area contributed by atoms with E-state index in [9.17, 15) is 15.2 Å². The van der Waals surface area contributed by atoms with E-state index in [-0.39, 0.29) is 11.4 Å². The number of thioether (sulfide) groups is 1. The van der Waals surface area contributed by atoms with Crippen LogP contribution in [0.15, 0.2) is 53.4 Å². The van der Waals surface area contributed by atoms with Gasteiger partial charge in [0.1, 0.15) is 6.07 Å². The van der Waals surface area contributed by atoms with Crippen molar-refractivity contribution in [3.05, 3.63) is 59.9 Å². The fraction of sp³-hybridized carbons (Fsp3) is 0.105. The zero-order valence-electron chi connectivity index (χ0n) is 13.7. The molecule has 5 nitrogen and oxygen atoms in total. The van der Waals surface area contributed by atoms with Gasteiger partial charge in [-0.1, -0.05) is 42.5 Å². The van der Waals surface area contributed by atoms with E-state index in [1.54, 1.807) is 11.8 Å². The van der Waals surface area contributed by atoms with Gasteiger partial charge in [0.25, 0.3) is 0 Å². The molecule has 0 amide bonds. The molecule has 124 valence electrons. The molecule has 0 aliphatic heterocycles. The number of aryl methyl sites for hydroxylation is 1. The van der Waals surface area contributed by atoms with Gasteiger partial charge in [-0.3, -0.25) is 4.68 Å². The Morgan fingerprint density at radius 2 is 1.80 bits per heavy atom. The zero-order valence-corrected chi connectivity index (χ0v) is 14.5. The fourth-order valence-corrected chi connectivity index (χ4v) is 3.44. The highest BCUT2D eigenvalue weighted by molar-refractivity contribution is 7.98. The van der Waals surface area contributed by atoms with Crippen molar-refractivity contribution in [3.8, 4) is 28.3 Å². The van der Waals surface area contributed by atoms with Crippen LogP contribution in [0.1, 0.15) is 16.2 Å². The first-order chi connectivity index (χ1) is 12.1. The number of carbonyl (C=O) groups is 1. The predicted molar refractivity (Wildman–Crippen MR) is 97.5 cm³/mol. The lowest BCUT2D eigenvalue weighted by Gasteiger charge is -2.08. The topological polar surface area (TPSA) is 78.9 Å². The normalized spacial score (nSPS) is 10.4. The van der Waals surface area contributed by atoms with Gasteiger partial charge in [0.05, 0.1) is 5.56 Å². The summed E-state index contributed by atoms with van der Waals surface area (Å²) in [5, 5.41) is 22.7. The largest absolute Gasteiger partial charge is 0.477 e.